The number of nitrogens with two attached hydrogens (primary N) is 2. The number of carbonyl (C=O) groups is 1. The van der Waals surface area contributed by atoms with E-state index in [4.69, 9.17) is 27.8 Å². The van der Waals surface area contributed by atoms with E-state index < -0.39 is 5.91 Å². The van der Waals surface area contributed by atoms with Crippen LogP contribution in [0.2, 0.25) is 5.02 Å². The maximum Gasteiger partial charge on any atom is 0.254 e. The summed E-state index contributed by atoms with van der Waals surface area (Å²) < 4.78 is 5.67. The van der Waals surface area contributed by atoms with Gasteiger partial charge in [-0.05, 0) is 42.8 Å². The fraction of sp³-hybridized carbons (Fsp3) is 0.133. The topological polar surface area (TPSA) is 78.3 Å². The van der Waals surface area contributed by atoms with E-state index >= 15 is 0 Å². The maximum absolute atomic E-state index is 11.4. The van der Waals surface area contributed by atoms with Crippen LogP contribution in [0.1, 0.15) is 15.9 Å². The number of halogens is 1. The Labute approximate surface area is 122 Å². The van der Waals surface area contributed by atoms with Gasteiger partial charge in [-0.25, -0.2) is 0 Å². The first-order chi connectivity index (χ1) is 9.61. The van der Waals surface area contributed by atoms with E-state index in [-0.39, 0.29) is 10.6 Å². The molecule has 0 bridgehead atoms. The number of hydrogen-bond donors (Lipinski definition) is 2. The lowest BCUT2D eigenvalue weighted by Gasteiger charge is -2.10. The quantitative estimate of drug-likeness (QED) is 0.888. The van der Waals surface area contributed by atoms with Crippen molar-refractivity contribution in [3.63, 3.8) is 0 Å². The van der Waals surface area contributed by atoms with E-state index in [2.05, 4.69) is 0 Å². The van der Waals surface area contributed by atoms with E-state index in [1.165, 1.54) is 0 Å². The number of hydrogen-bond acceptors (Lipinski definition) is 3. The number of ether oxygens (including phenoxy) is 1. The van der Waals surface area contributed by atoms with E-state index in [1.54, 1.807) is 18.2 Å². The fourth-order valence-electron chi connectivity index (χ4n) is 1.85. The third-order valence-corrected chi connectivity index (χ3v) is 3.12. The molecule has 0 aliphatic rings. The third-order valence-electron chi connectivity index (χ3n) is 2.81. The molecule has 4 nitrogen and oxygen atoms in total. The average Bonchev–Trinajstić information content (AvgIpc) is 2.41. The second-order valence-electron chi connectivity index (χ2n) is 4.26. The second-order valence-corrected chi connectivity index (χ2v) is 4.67. The summed E-state index contributed by atoms with van der Waals surface area (Å²) in [5.41, 5.74) is 12.1. The van der Waals surface area contributed by atoms with Crippen molar-refractivity contribution in [1.29, 1.82) is 0 Å². The number of primary amides is 1. The third kappa shape index (κ3) is 3.29. The molecule has 2 aromatic rings. The summed E-state index contributed by atoms with van der Waals surface area (Å²) in [6.07, 6.45) is 0.810. The van der Waals surface area contributed by atoms with Gasteiger partial charge in [0.1, 0.15) is 17.1 Å². The van der Waals surface area contributed by atoms with Gasteiger partial charge in [0.05, 0.1) is 5.02 Å². The normalized spacial score (nSPS) is 10.3. The highest BCUT2D eigenvalue weighted by molar-refractivity contribution is 6.34. The molecule has 5 heteroatoms. The highest BCUT2D eigenvalue weighted by Crippen LogP contribution is 2.30. The van der Waals surface area contributed by atoms with Crippen molar-refractivity contribution in [3.05, 3.63) is 58.6 Å². The Bertz CT molecular complexity index is 612. The molecular weight excluding hydrogens is 276 g/mol. The van der Waals surface area contributed by atoms with Crippen LogP contribution in [-0.4, -0.2) is 12.5 Å². The fourth-order valence-corrected chi connectivity index (χ4v) is 2.11. The zero-order chi connectivity index (χ0) is 14.5. The van der Waals surface area contributed by atoms with Crippen molar-refractivity contribution < 1.29 is 9.53 Å². The van der Waals surface area contributed by atoms with E-state index in [9.17, 15) is 4.79 Å². The molecule has 0 aromatic heterocycles. The number of carbonyl (C=O) groups excluding carboxylic acids is 1. The molecule has 2 rings (SSSR count). The Morgan fingerprint density at radius 1 is 1.15 bits per heavy atom. The van der Waals surface area contributed by atoms with Gasteiger partial charge in [0.2, 0.25) is 0 Å². The van der Waals surface area contributed by atoms with E-state index in [1.807, 2.05) is 24.3 Å². The van der Waals surface area contributed by atoms with Crippen molar-refractivity contribution in [2.45, 2.75) is 6.42 Å². The van der Waals surface area contributed by atoms with E-state index in [0.29, 0.717) is 18.0 Å². The van der Waals surface area contributed by atoms with Crippen LogP contribution < -0.4 is 16.2 Å². The first-order valence-corrected chi connectivity index (χ1v) is 6.55. The molecule has 1 amide bonds. The Morgan fingerprint density at radius 3 is 2.45 bits per heavy atom. The summed E-state index contributed by atoms with van der Waals surface area (Å²) >= 11 is 5.96. The summed E-state index contributed by atoms with van der Waals surface area (Å²) in [7, 11) is 0. The average molecular weight is 291 g/mol. The minimum absolute atomic E-state index is 0.181. The van der Waals surface area contributed by atoms with Gasteiger partial charge in [-0.1, -0.05) is 29.8 Å². The minimum atomic E-state index is -0.620. The van der Waals surface area contributed by atoms with Crippen LogP contribution in [0.25, 0.3) is 0 Å². The number of benzene rings is 2. The van der Waals surface area contributed by atoms with Crippen molar-refractivity contribution in [1.82, 2.24) is 0 Å². The van der Waals surface area contributed by atoms with Gasteiger partial charge < -0.3 is 16.2 Å². The first-order valence-electron chi connectivity index (χ1n) is 6.17. The molecular formula is C15H15ClN2O2. The van der Waals surface area contributed by atoms with Crippen molar-refractivity contribution >= 4 is 17.5 Å². The maximum atomic E-state index is 11.4. The molecule has 0 atom stereocenters. The molecule has 104 valence electrons. The van der Waals surface area contributed by atoms with Crippen molar-refractivity contribution in [3.8, 4) is 11.5 Å². The van der Waals surface area contributed by atoms with Crippen LogP contribution in [0, 0.1) is 0 Å². The molecule has 4 N–H and O–H groups in total. The van der Waals surface area contributed by atoms with Gasteiger partial charge in [0.15, 0.2) is 0 Å². The summed E-state index contributed by atoms with van der Waals surface area (Å²) in [6, 6.07) is 12.4. The summed E-state index contributed by atoms with van der Waals surface area (Å²) in [4.78, 5) is 11.4. The predicted octanol–water partition coefficient (Wildman–Crippen LogP) is 2.73. The standard InChI is InChI=1S/C15H15ClN2O2/c16-12-2-1-3-13(14(12)15(18)19)20-11-6-4-10(5-7-11)8-9-17/h1-7H,8-9,17H2,(H2,18,19). The van der Waals surface area contributed by atoms with Crippen molar-refractivity contribution in [2.75, 3.05) is 6.54 Å². The lowest BCUT2D eigenvalue weighted by atomic mass is 10.1. The molecule has 0 saturated carbocycles. The van der Waals surface area contributed by atoms with Gasteiger partial charge in [0, 0.05) is 0 Å². The lowest BCUT2D eigenvalue weighted by molar-refractivity contribution is 0.0998. The van der Waals surface area contributed by atoms with Gasteiger partial charge in [-0.2, -0.15) is 0 Å². The zero-order valence-electron chi connectivity index (χ0n) is 10.8. The van der Waals surface area contributed by atoms with Gasteiger partial charge in [0.25, 0.3) is 5.91 Å². The Kier molecular flexibility index (Phi) is 4.61. The van der Waals surface area contributed by atoms with Crippen LogP contribution in [0.15, 0.2) is 42.5 Å². The zero-order valence-corrected chi connectivity index (χ0v) is 11.6. The molecule has 0 radical (unpaired) electrons. The first kappa shape index (κ1) is 14.4. The smallest absolute Gasteiger partial charge is 0.254 e. The highest BCUT2D eigenvalue weighted by atomic mass is 35.5. The molecule has 0 heterocycles. The van der Waals surface area contributed by atoms with Gasteiger partial charge in [-0.15, -0.1) is 0 Å². The molecule has 0 unspecified atom stereocenters. The highest BCUT2D eigenvalue weighted by Gasteiger charge is 2.14. The molecule has 0 aliphatic heterocycles. The molecule has 0 fully saturated rings. The Morgan fingerprint density at radius 2 is 1.85 bits per heavy atom. The Balaban J connectivity index is 2.26. The number of rotatable bonds is 5. The predicted molar refractivity (Wildman–Crippen MR) is 79.2 cm³/mol. The van der Waals surface area contributed by atoms with Crippen LogP contribution in [-0.2, 0) is 6.42 Å². The minimum Gasteiger partial charge on any atom is -0.456 e. The molecule has 2 aromatic carbocycles. The van der Waals surface area contributed by atoms with Crippen LogP contribution in [0.5, 0.6) is 11.5 Å². The molecule has 20 heavy (non-hydrogen) atoms. The van der Waals surface area contributed by atoms with Gasteiger partial charge in [-0.3, -0.25) is 4.79 Å². The second kappa shape index (κ2) is 6.41. The van der Waals surface area contributed by atoms with E-state index in [0.717, 1.165) is 12.0 Å². The molecule has 0 spiro atoms. The molecule has 0 saturated heterocycles. The van der Waals surface area contributed by atoms with Crippen molar-refractivity contribution in [2.24, 2.45) is 11.5 Å². The van der Waals surface area contributed by atoms with Gasteiger partial charge >= 0.3 is 0 Å². The molecule has 0 aliphatic carbocycles. The summed E-state index contributed by atoms with van der Waals surface area (Å²) in [5.74, 6) is 0.331. The van der Waals surface area contributed by atoms with Crippen LogP contribution in [0.4, 0.5) is 0 Å². The lowest BCUT2D eigenvalue weighted by Crippen LogP contribution is -2.12. The summed E-state index contributed by atoms with van der Waals surface area (Å²) in [6.45, 7) is 0.598. The summed E-state index contributed by atoms with van der Waals surface area (Å²) in [5, 5.41) is 0.273. The Hall–Kier alpha value is -2.04. The van der Waals surface area contributed by atoms with Crippen LogP contribution in [0.3, 0.4) is 0 Å². The monoisotopic (exact) mass is 290 g/mol. The SMILES string of the molecule is NCCc1ccc(Oc2cccc(Cl)c2C(N)=O)cc1. The van der Waals surface area contributed by atoms with Crippen LogP contribution >= 0.6 is 11.6 Å². The number of amides is 1. The largest absolute Gasteiger partial charge is 0.456 e.